The van der Waals surface area contributed by atoms with Crippen LogP contribution in [0.2, 0.25) is 5.02 Å². The number of rotatable bonds is 6. The fourth-order valence-corrected chi connectivity index (χ4v) is 2.66. The van der Waals surface area contributed by atoms with E-state index in [0.717, 1.165) is 22.9 Å². The molecule has 1 amide bonds. The van der Waals surface area contributed by atoms with Gasteiger partial charge in [-0.15, -0.1) is 11.3 Å². The summed E-state index contributed by atoms with van der Waals surface area (Å²) in [6.45, 7) is 5.24. The fraction of sp³-hybridized carbons (Fsp3) is 0.357. The van der Waals surface area contributed by atoms with E-state index in [9.17, 15) is 4.79 Å². The summed E-state index contributed by atoms with van der Waals surface area (Å²) in [5, 5.41) is 7.37. The fourth-order valence-electron chi connectivity index (χ4n) is 1.69. The van der Waals surface area contributed by atoms with Gasteiger partial charge < -0.3 is 10.6 Å². The van der Waals surface area contributed by atoms with Crippen LogP contribution in [0.25, 0.3) is 0 Å². The van der Waals surface area contributed by atoms with Crippen LogP contribution in [-0.4, -0.2) is 22.4 Å². The van der Waals surface area contributed by atoms with Crippen molar-refractivity contribution < 1.29 is 4.79 Å². The van der Waals surface area contributed by atoms with Crippen molar-refractivity contribution in [2.24, 2.45) is 0 Å². The van der Waals surface area contributed by atoms with Crippen molar-refractivity contribution in [3.8, 4) is 0 Å². The van der Waals surface area contributed by atoms with Crippen LogP contribution in [0, 0.1) is 6.92 Å². The molecule has 0 unspecified atom stereocenters. The van der Waals surface area contributed by atoms with Crippen molar-refractivity contribution in [1.82, 2.24) is 15.3 Å². The Balaban J connectivity index is 1.97. The third-order valence-electron chi connectivity index (χ3n) is 2.74. The van der Waals surface area contributed by atoms with Crippen LogP contribution >= 0.6 is 22.9 Å². The summed E-state index contributed by atoms with van der Waals surface area (Å²) in [7, 11) is 0. The Morgan fingerprint density at radius 1 is 1.38 bits per heavy atom. The maximum absolute atomic E-state index is 12.1. The second-order valence-electron chi connectivity index (χ2n) is 4.51. The number of halogens is 1. The minimum Gasteiger partial charge on any atom is -0.369 e. The number of aryl methyl sites for hydroxylation is 1. The average molecular weight is 325 g/mol. The van der Waals surface area contributed by atoms with Crippen molar-refractivity contribution in [2.75, 3.05) is 11.9 Å². The normalized spacial score (nSPS) is 10.4. The SMILES string of the molecule is CCCNc1ncc(C(=O)NCc2cnc(C)s2)cc1Cl. The first kappa shape index (κ1) is 15.7. The van der Waals surface area contributed by atoms with Crippen LogP contribution in [0.5, 0.6) is 0 Å². The first-order chi connectivity index (χ1) is 10.1. The molecule has 2 heterocycles. The van der Waals surface area contributed by atoms with E-state index in [1.54, 1.807) is 23.6 Å². The molecule has 0 fully saturated rings. The van der Waals surface area contributed by atoms with Gasteiger partial charge in [-0.25, -0.2) is 9.97 Å². The lowest BCUT2D eigenvalue weighted by molar-refractivity contribution is 0.0951. The summed E-state index contributed by atoms with van der Waals surface area (Å²) < 4.78 is 0. The van der Waals surface area contributed by atoms with E-state index in [0.29, 0.717) is 22.9 Å². The number of pyridine rings is 1. The smallest absolute Gasteiger partial charge is 0.253 e. The lowest BCUT2D eigenvalue weighted by atomic mass is 10.2. The van der Waals surface area contributed by atoms with E-state index in [1.165, 1.54) is 6.20 Å². The molecular formula is C14H17ClN4OS. The average Bonchev–Trinajstić information content (AvgIpc) is 2.89. The zero-order chi connectivity index (χ0) is 15.2. The van der Waals surface area contributed by atoms with Gasteiger partial charge in [-0.05, 0) is 19.4 Å². The third-order valence-corrected chi connectivity index (χ3v) is 3.94. The lowest BCUT2D eigenvalue weighted by Gasteiger charge is -2.08. The molecular weight excluding hydrogens is 308 g/mol. The quantitative estimate of drug-likeness (QED) is 0.856. The van der Waals surface area contributed by atoms with Gasteiger partial charge in [-0.3, -0.25) is 4.79 Å². The molecule has 0 bridgehead atoms. The zero-order valence-corrected chi connectivity index (χ0v) is 13.5. The molecule has 0 saturated heterocycles. The van der Waals surface area contributed by atoms with Gasteiger partial charge in [-0.2, -0.15) is 0 Å². The number of carbonyl (C=O) groups is 1. The van der Waals surface area contributed by atoms with Crippen LogP contribution in [0.15, 0.2) is 18.5 Å². The molecule has 2 aromatic heterocycles. The van der Waals surface area contributed by atoms with Gasteiger partial charge in [0.25, 0.3) is 5.91 Å². The highest BCUT2D eigenvalue weighted by Gasteiger charge is 2.10. The van der Waals surface area contributed by atoms with Gasteiger partial charge in [0, 0.05) is 23.8 Å². The number of aromatic nitrogens is 2. The number of hydrogen-bond donors (Lipinski definition) is 2. The van der Waals surface area contributed by atoms with Gasteiger partial charge in [0.15, 0.2) is 0 Å². The molecule has 0 radical (unpaired) electrons. The number of anilines is 1. The molecule has 5 nitrogen and oxygen atoms in total. The second-order valence-corrected chi connectivity index (χ2v) is 6.24. The summed E-state index contributed by atoms with van der Waals surface area (Å²) in [6, 6.07) is 1.62. The van der Waals surface area contributed by atoms with Crippen LogP contribution < -0.4 is 10.6 Å². The largest absolute Gasteiger partial charge is 0.369 e. The van der Waals surface area contributed by atoms with Gasteiger partial charge in [0.1, 0.15) is 5.82 Å². The van der Waals surface area contributed by atoms with Crippen LogP contribution in [0.1, 0.15) is 33.6 Å². The minimum absolute atomic E-state index is 0.197. The molecule has 2 N–H and O–H groups in total. The number of amides is 1. The first-order valence-electron chi connectivity index (χ1n) is 6.69. The molecule has 0 saturated carbocycles. The number of thiazole rings is 1. The van der Waals surface area contributed by atoms with Crippen molar-refractivity contribution in [3.05, 3.63) is 38.9 Å². The maximum Gasteiger partial charge on any atom is 0.253 e. The Kier molecular flexibility index (Phi) is 5.52. The highest BCUT2D eigenvalue weighted by atomic mass is 35.5. The molecule has 0 aromatic carbocycles. The van der Waals surface area contributed by atoms with E-state index < -0.39 is 0 Å². The van der Waals surface area contributed by atoms with Crippen molar-refractivity contribution in [1.29, 1.82) is 0 Å². The second kappa shape index (κ2) is 7.38. The lowest BCUT2D eigenvalue weighted by Crippen LogP contribution is -2.22. The van der Waals surface area contributed by atoms with Crippen LogP contribution in [0.4, 0.5) is 5.82 Å². The predicted molar refractivity (Wildman–Crippen MR) is 86.0 cm³/mol. The Morgan fingerprint density at radius 2 is 2.19 bits per heavy atom. The number of nitrogens with one attached hydrogen (secondary N) is 2. The summed E-state index contributed by atoms with van der Waals surface area (Å²) in [4.78, 5) is 21.4. The summed E-state index contributed by atoms with van der Waals surface area (Å²) in [5.41, 5.74) is 0.447. The van der Waals surface area contributed by atoms with Crippen LogP contribution in [-0.2, 0) is 6.54 Å². The highest BCUT2D eigenvalue weighted by molar-refractivity contribution is 7.11. The van der Waals surface area contributed by atoms with Gasteiger partial charge in [0.05, 0.1) is 22.1 Å². The molecule has 0 aliphatic heterocycles. The summed E-state index contributed by atoms with van der Waals surface area (Å²) in [6.07, 6.45) is 4.27. The molecule has 0 spiro atoms. The topological polar surface area (TPSA) is 66.9 Å². The number of hydrogen-bond acceptors (Lipinski definition) is 5. The molecule has 2 rings (SSSR count). The molecule has 7 heteroatoms. The molecule has 0 aliphatic rings. The molecule has 2 aromatic rings. The van der Waals surface area contributed by atoms with E-state index in [-0.39, 0.29) is 5.91 Å². The standard InChI is InChI=1S/C14H17ClN4OS/c1-3-4-16-13-12(15)5-10(6-18-13)14(20)19-8-11-7-17-9(2)21-11/h5-7H,3-4,8H2,1-2H3,(H,16,18)(H,19,20). The van der Waals surface area contributed by atoms with Gasteiger partial charge in [0.2, 0.25) is 0 Å². The Labute approximate surface area is 132 Å². The predicted octanol–water partition coefficient (Wildman–Crippen LogP) is 3.25. The van der Waals surface area contributed by atoms with E-state index in [2.05, 4.69) is 27.5 Å². The molecule has 21 heavy (non-hydrogen) atoms. The third kappa shape index (κ3) is 4.41. The Morgan fingerprint density at radius 3 is 2.81 bits per heavy atom. The van der Waals surface area contributed by atoms with Gasteiger partial charge >= 0.3 is 0 Å². The summed E-state index contributed by atoms with van der Waals surface area (Å²) in [5.74, 6) is 0.408. The van der Waals surface area contributed by atoms with E-state index in [1.807, 2.05) is 6.92 Å². The molecule has 112 valence electrons. The Hall–Kier alpha value is -1.66. The highest BCUT2D eigenvalue weighted by Crippen LogP contribution is 2.20. The zero-order valence-electron chi connectivity index (χ0n) is 11.9. The van der Waals surface area contributed by atoms with Crippen LogP contribution in [0.3, 0.4) is 0 Å². The molecule has 0 atom stereocenters. The summed E-state index contributed by atoms with van der Waals surface area (Å²) >= 11 is 7.68. The van der Waals surface area contributed by atoms with Crippen molar-refractivity contribution in [3.63, 3.8) is 0 Å². The molecule has 0 aliphatic carbocycles. The maximum atomic E-state index is 12.1. The van der Waals surface area contributed by atoms with E-state index >= 15 is 0 Å². The Bertz CT molecular complexity index is 629. The van der Waals surface area contributed by atoms with Crippen molar-refractivity contribution >= 4 is 34.7 Å². The first-order valence-corrected chi connectivity index (χ1v) is 7.88. The van der Waals surface area contributed by atoms with E-state index in [4.69, 9.17) is 11.6 Å². The van der Waals surface area contributed by atoms with Gasteiger partial charge in [-0.1, -0.05) is 18.5 Å². The number of nitrogens with zero attached hydrogens (tertiary/aromatic N) is 2. The number of carbonyl (C=O) groups excluding carboxylic acids is 1. The monoisotopic (exact) mass is 324 g/mol. The van der Waals surface area contributed by atoms with Crippen molar-refractivity contribution in [2.45, 2.75) is 26.8 Å². The minimum atomic E-state index is -0.197.